The molecule has 1 amide bonds. The SMILES string of the molecule is CCN1CCN(C(=O)c2ccc(Cl)o2)CC1C. The van der Waals surface area contributed by atoms with Gasteiger partial charge in [-0.05, 0) is 37.2 Å². The largest absolute Gasteiger partial charge is 0.440 e. The molecule has 17 heavy (non-hydrogen) atoms. The monoisotopic (exact) mass is 256 g/mol. The number of piperazine rings is 1. The van der Waals surface area contributed by atoms with Crippen LogP contribution in [0, 0.1) is 0 Å². The number of carbonyl (C=O) groups is 1. The highest BCUT2D eigenvalue weighted by molar-refractivity contribution is 6.29. The van der Waals surface area contributed by atoms with Gasteiger partial charge in [0.1, 0.15) is 0 Å². The summed E-state index contributed by atoms with van der Waals surface area (Å²) >= 11 is 5.67. The van der Waals surface area contributed by atoms with Gasteiger partial charge in [-0.3, -0.25) is 9.69 Å². The van der Waals surface area contributed by atoms with Gasteiger partial charge in [-0.15, -0.1) is 0 Å². The summed E-state index contributed by atoms with van der Waals surface area (Å²) in [4.78, 5) is 16.3. The van der Waals surface area contributed by atoms with Gasteiger partial charge in [-0.25, -0.2) is 0 Å². The van der Waals surface area contributed by atoms with Crippen molar-refractivity contribution in [1.29, 1.82) is 0 Å². The molecule has 1 saturated heterocycles. The Balaban J connectivity index is 2.02. The van der Waals surface area contributed by atoms with Crippen LogP contribution in [0.25, 0.3) is 0 Å². The molecule has 0 radical (unpaired) electrons. The van der Waals surface area contributed by atoms with Crippen molar-refractivity contribution in [1.82, 2.24) is 9.80 Å². The Hall–Kier alpha value is -1.00. The van der Waals surface area contributed by atoms with Crippen molar-refractivity contribution in [2.45, 2.75) is 19.9 Å². The fourth-order valence-electron chi connectivity index (χ4n) is 2.23. The molecule has 1 aliphatic heterocycles. The number of amides is 1. The first-order valence-electron chi connectivity index (χ1n) is 5.90. The fourth-order valence-corrected chi connectivity index (χ4v) is 2.38. The Bertz CT molecular complexity index is 405. The van der Waals surface area contributed by atoms with Crippen LogP contribution in [-0.2, 0) is 0 Å². The summed E-state index contributed by atoms with van der Waals surface area (Å²) in [5.74, 6) is 0.256. The molecule has 5 heteroatoms. The van der Waals surface area contributed by atoms with Crippen LogP contribution in [0.4, 0.5) is 0 Å². The Labute approximate surface area is 106 Å². The van der Waals surface area contributed by atoms with Crippen molar-refractivity contribution in [3.8, 4) is 0 Å². The van der Waals surface area contributed by atoms with E-state index in [0.717, 1.165) is 26.2 Å². The Morgan fingerprint density at radius 1 is 1.53 bits per heavy atom. The average Bonchev–Trinajstić information content (AvgIpc) is 2.75. The Morgan fingerprint density at radius 2 is 2.29 bits per heavy atom. The van der Waals surface area contributed by atoms with Crippen LogP contribution in [0.2, 0.25) is 5.22 Å². The van der Waals surface area contributed by atoms with Crippen molar-refractivity contribution in [3.63, 3.8) is 0 Å². The Kier molecular flexibility index (Phi) is 3.74. The number of likely N-dealkylation sites (N-methyl/N-ethyl adjacent to an activating group) is 1. The van der Waals surface area contributed by atoms with Gasteiger partial charge in [0.2, 0.25) is 0 Å². The van der Waals surface area contributed by atoms with Crippen molar-refractivity contribution >= 4 is 17.5 Å². The third-order valence-corrected chi connectivity index (χ3v) is 3.45. The van der Waals surface area contributed by atoms with Crippen molar-refractivity contribution in [2.75, 3.05) is 26.2 Å². The van der Waals surface area contributed by atoms with E-state index in [2.05, 4.69) is 18.7 Å². The van der Waals surface area contributed by atoms with Crippen LogP contribution in [0.5, 0.6) is 0 Å². The number of nitrogens with zero attached hydrogens (tertiary/aromatic N) is 2. The molecule has 0 saturated carbocycles. The molecule has 1 unspecified atom stereocenters. The molecule has 4 nitrogen and oxygen atoms in total. The topological polar surface area (TPSA) is 36.7 Å². The first-order valence-corrected chi connectivity index (χ1v) is 6.28. The van der Waals surface area contributed by atoms with Crippen molar-refractivity contribution in [3.05, 3.63) is 23.1 Å². The van der Waals surface area contributed by atoms with E-state index in [1.807, 2.05) is 4.90 Å². The van der Waals surface area contributed by atoms with Crippen LogP contribution in [0.3, 0.4) is 0 Å². The molecule has 1 atom stereocenters. The number of hydrogen-bond donors (Lipinski definition) is 0. The van der Waals surface area contributed by atoms with Gasteiger partial charge in [0.15, 0.2) is 11.0 Å². The zero-order valence-electron chi connectivity index (χ0n) is 10.1. The summed E-state index contributed by atoms with van der Waals surface area (Å²) in [6.07, 6.45) is 0. The van der Waals surface area contributed by atoms with E-state index in [1.54, 1.807) is 12.1 Å². The molecular weight excluding hydrogens is 240 g/mol. The van der Waals surface area contributed by atoms with Crippen LogP contribution < -0.4 is 0 Å². The first kappa shape index (κ1) is 12.5. The minimum atomic E-state index is -0.0699. The molecule has 0 spiro atoms. The van der Waals surface area contributed by atoms with Gasteiger partial charge in [0, 0.05) is 25.7 Å². The Morgan fingerprint density at radius 3 is 2.82 bits per heavy atom. The fraction of sp³-hybridized carbons (Fsp3) is 0.583. The zero-order valence-corrected chi connectivity index (χ0v) is 10.9. The second-order valence-corrected chi connectivity index (χ2v) is 4.71. The molecule has 94 valence electrons. The highest BCUT2D eigenvalue weighted by Crippen LogP contribution is 2.17. The maximum Gasteiger partial charge on any atom is 0.289 e. The maximum atomic E-state index is 12.1. The van der Waals surface area contributed by atoms with E-state index in [1.165, 1.54) is 0 Å². The summed E-state index contributed by atoms with van der Waals surface area (Å²) in [6, 6.07) is 3.62. The molecule has 1 aromatic heterocycles. The second-order valence-electron chi connectivity index (χ2n) is 4.33. The van der Waals surface area contributed by atoms with E-state index in [-0.39, 0.29) is 11.1 Å². The molecule has 0 N–H and O–H groups in total. The quantitative estimate of drug-likeness (QED) is 0.813. The van der Waals surface area contributed by atoms with E-state index in [9.17, 15) is 4.79 Å². The van der Waals surface area contributed by atoms with E-state index in [0.29, 0.717) is 11.8 Å². The molecule has 1 fully saturated rings. The van der Waals surface area contributed by atoms with Crippen LogP contribution in [0.15, 0.2) is 16.5 Å². The van der Waals surface area contributed by atoms with Crippen molar-refractivity contribution < 1.29 is 9.21 Å². The third-order valence-electron chi connectivity index (χ3n) is 3.24. The maximum absolute atomic E-state index is 12.1. The summed E-state index contributed by atoms with van der Waals surface area (Å²) in [5.41, 5.74) is 0. The standard InChI is InChI=1S/C12H17ClN2O2/c1-3-14-6-7-15(8-9(14)2)12(16)10-4-5-11(13)17-10/h4-5,9H,3,6-8H2,1-2H3. The predicted octanol–water partition coefficient (Wildman–Crippen LogP) is 2.10. The summed E-state index contributed by atoms with van der Waals surface area (Å²) in [7, 11) is 0. The van der Waals surface area contributed by atoms with Gasteiger partial charge in [0.05, 0.1) is 0 Å². The average molecular weight is 257 g/mol. The molecule has 0 aromatic carbocycles. The van der Waals surface area contributed by atoms with Crippen LogP contribution in [-0.4, -0.2) is 47.9 Å². The second kappa shape index (κ2) is 5.10. The number of halogens is 1. The molecule has 2 heterocycles. The molecular formula is C12H17ClN2O2. The zero-order chi connectivity index (χ0) is 12.4. The number of rotatable bonds is 2. The van der Waals surface area contributed by atoms with E-state index in [4.69, 9.17) is 16.0 Å². The first-order chi connectivity index (χ1) is 8.11. The molecule has 0 bridgehead atoms. The van der Waals surface area contributed by atoms with Gasteiger partial charge < -0.3 is 9.32 Å². The van der Waals surface area contributed by atoms with Crippen molar-refractivity contribution in [2.24, 2.45) is 0 Å². The number of hydrogen-bond acceptors (Lipinski definition) is 3. The van der Waals surface area contributed by atoms with Crippen LogP contribution >= 0.6 is 11.6 Å². The normalized spacial score (nSPS) is 21.8. The summed E-state index contributed by atoms with van der Waals surface area (Å²) in [5, 5.41) is 0.258. The lowest BCUT2D eigenvalue weighted by Crippen LogP contribution is -2.53. The van der Waals surface area contributed by atoms with Gasteiger partial charge in [0.25, 0.3) is 5.91 Å². The molecule has 1 aliphatic rings. The lowest BCUT2D eigenvalue weighted by atomic mass is 10.2. The minimum absolute atomic E-state index is 0.0699. The molecule has 0 aliphatic carbocycles. The number of carbonyl (C=O) groups excluding carboxylic acids is 1. The lowest BCUT2D eigenvalue weighted by Gasteiger charge is -2.38. The minimum Gasteiger partial charge on any atom is -0.440 e. The smallest absolute Gasteiger partial charge is 0.289 e. The van der Waals surface area contributed by atoms with E-state index < -0.39 is 0 Å². The highest BCUT2D eigenvalue weighted by Gasteiger charge is 2.27. The van der Waals surface area contributed by atoms with Gasteiger partial charge >= 0.3 is 0 Å². The number of furan rings is 1. The predicted molar refractivity (Wildman–Crippen MR) is 66.3 cm³/mol. The highest BCUT2D eigenvalue weighted by atomic mass is 35.5. The third kappa shape index (κ3) is 2.64. The summed E-state index contributed by atoms with van der Waals surface area (Å²) in [6.45, 7) is 7.70. The lowest BCUT2D eigenvalue weighted by molar-refractivity contribution is 0.0500. The van der Waals surface area contributed by atoms with Crippen LogP contribution in [0.1, 0.15) is 24.4 Å². The summed E-state index contributed by atoms with van der Waals surface area (Å²) < 4.78 is 5.15. The molecule has 1 aromatic rings. The van der Waals surface area contributed by atoms with Gasteiger partial charge in [-0.1, -0.05) is 6.92 Å². The van der Waals surface area contributed by atoms with Gasteiger partial charge in [-0.2, -0.15) is 0 Å². The van der Waals surface area contributed by atoms with E-state index >= 15 is 0 Å². The molecule has 2 rings (SSSR count).